The fraction of sp³-hybridized carbons (Fsp3) is 0.375. The van der Waals surface area contributed by atoms with Gasteiger partial charge in [0.15, 0.2) is 5.65 Å². The maximum Gasteiger partial charge on any atom is 0.203 e. The fourth-order valence-corrected chi connectivity index (χ4v) is 3.03. The van der Waals surface area contributed by atoms with Crippen LogP contribution in [0.15, 0.2) is 24.3 Å². The van der Waals surface area contributed by atoms with Gasteiger partial charge >= 0.3 is 0 Å². The monoisotopic (exact) mass is 283 g/mol. The molecular formula is C16H21N5. The van der Waals surface area contributed by atoms with Gasteiger partial charge in [-0.25, -0.2) is 4.98 Å². The highest BCUT2D eigenvalue weighted by atomic mass is 15.4. The smallest absolute Gasteiger partial charge is 0.203 e. The average molecular weight is 283 g/mol. The first kappa shape index (κ1) is 13.7. The zero-order valence-corrected chi connectivity index (χ0v) is 13.0. The Morgan fingerprint density at radius 1 is 1.29 bits per heavy atom. The first-order valence-corrected chi connectivity index (χ1v) is 7.29. The third-order valence-corrected chi connectivity index (χ3v) is 4.12. The molecular weight excluding hydrogens is 262 g/mol. The molecule has 5 nitrogen and oxygen atoms in total. The number of nitrogens with zero attached hydrogens (tertiary/aromatic N) is 4. The first-order chi connectivity index (χ1) is 10.0. The molecule has 0 aliphatic carbocycles. The molecule has 0 aliphatic heterocycles. The lowest BCUT2D eigenvalue weighted by atomic mass is 10.0. The number of benzene rings is 1. The number of imidazole rings is 1. The van der Waals surface area contributed by atoms with Crippen LogP contribution in [0, 0.1) is 6.92 Å². The zero-order valence-electron chi connectivity index (χ0n) is 13.0. The molecule has 0 aliphatic rings. The number of aryl methyl sites for hydroxylation is 3. The van der Waals surface area contributed by atoms with Crippen molar-refractivity contribution in [1.82, 2.24) is 19.3 Å². The summed E-state index contributed by atoms with van der Waals surface area (Å²) in [5.41, 5.74) is 11.6. The molecule has 2 N–H and O–H groups in total. The largest absolute Gasteiger partial charge is 0.369 e. The lowest BCUT2D eigenvalue weighted by Crippen LogP contribution is -2.13. The maximum atomic E-state index is 6.19. The maximum absolute atomic E-state index is 6.19. The molecule has 1 aromatic carbocycles. The van der Waals surface area contributed by atoms with Crippen molar-refractivity contribution in [2.75, 3.05) is 5.73 Å². The highest BCUT2D eigenvalue weighted by Gasteiger charge is 2.21. The summed E-state index contributed by atoms with van der Waals surface area (Å²) in [6.07, 6.45) is 0.854. The summed E-state index contributed by atoms with van der Waals surface area (Å²) in [5.74, 6) is 0.545. The van der Waals surface area contributed by atoms with Crippen molar-refractivity contribution in [1.29, 1.82) is 0 Å². The number of anilines is 1. The predicted octanol–water partition coefficient (Wildman–Crippen LogP) is 2.83. The minimum atomic E-state index is 0.122. The molecule has 0 fully saturated rings. The van der Waals surface area contributed by atoms with E-state index >= 15 is 0 Å². The third-order valence-electron chi connectivity index (χ3n) is 4.12. The van der Waals surface area contributed by atoms with Crippen LogP contribution in [0.4, 0.5) is 5.95 Å². The van der Waals surface area contributed by atoms with Crippen molar-refractivity contribution in [2.24, 2.45) is 7.05 Å². The Morgan fingerprint density at radius 3 is 2.67 bits per heavy atom. The highest BCUT2D eigenvalue weighted by Crippen LogP contribution is 2.30. The molecule has 3 rings (SSSR count). The third kappa shape index (κ3) is 2.00. The normalized spacial score (nSPS) is 13.0. The Kier molecular flexibility index (Phi) is 3.20. The number of rotatable bonds is 3. The van der Waals surface area contributed by atoms with Gasteiger partial charge in [-0.2, -0.15) is 5.10 Å². The Hall–Kier alpha value is -2.30. The number of hydrogen-bond donors (Lipinski definition) is 1. The second-order valence-electron chi connectivity index (χ2n) is 5.47. The summed E-state index contributed by atoms with van der Waals surface area (Å²) in [5, 5.41) is 4.55. The molecule has 0 bridgehead atoms. The number of fused-ring (bicyclic) bond motifs is 1. The van der Waals surface area contributed by atoms with E-state index in [4.69, 9.17) is 5.73 Å². The number of hydrogen-bond acceptors (Lipinski definition) is 3. The Morgan fingerprint density at radius 2 is 2.00 bits per heavy atom. The van der Waals surface area contributed by atoms with Crippen molar-refractivity contribution in [3.8, 4) is 0 Å². The van der Waals surface area contributed by atoms with Crippen LogP contribution in [0.1, 0.15) is 36.7 Å². The molecule has 0 spiro atoms. The molecule has 0 amide bonds. The van der Waals surface area contributed by atoms with Gasteiger partial charge in [-0.05, 0) is 31.4 Å². The Bertz CT molecular complexity index is 796. The van der Waals surface area contributed by atoms with Crippen LogP contribution in [-0.4, -0.2) is 19.3 Å². The van der Waals surface area contributed by atoms with E-state index in [1.807, 2.05) is 11.7 Å². The second kappa shape index (κ2) is 4.91. The van der Waals surface area contributed by atoms with Crippen LogP contribution in [0.3, 0.4) is 0 Å². The molecule has 1 atom stereocenters. The van der Waals surface area contributed by atoms with Crippen LogP contribution >= 0.6 is 0 Å². The lowest BCUT2D eigenvalue weighted by molar-refractivity contribution is 0.632. The quantitative estimate of drug-likeness (QED) is 0.804. The van der Waals surface area contributed by atoms with Gasteiger partial charge in [0, 0.05) is 7.05 Å². The van der Waals surface area contributed by atoms with Gasteiger partial charge in [-0.3, -0.25) is 9.25 Å². The van der Waals surface area contributed by atoms with Gasteiger partial charge in [-0.1, -0.05) is 31.2 Å². The highest BCUT2D eigenvalue weighted by molar-refractivity contribution is 5.78. The molecule has 110 valence electrons. The summed E-state index contributed by atoms with van der Waals surface area (Å²) in [7, 11) is 1.95. The predicted molar refractivity (Wildman–Crippen MR) is 85.3 cm³/mol. The van der Waals surface area contributed by atoms with E-state index in [0.29, 0.717) is 5.95 Å². The van der Waals surface area contributed by atoms with Crippen LogP contribution in [0.25, 0.3) is 11.2 Å². The molecule has 0 saturated heterocycles. The topological polar surface area (TPSA) is 61.7 Å². The van der Waals surface area contributed by atoms with E-state index in [1.165, 1.54) is 11.1 Å². The standard InChI is InChI=1S/C16H21N5/c1-5-13-14-15(20(4)19-13)21(16(17)18-14)11(3)12-9-7-6-8-10(12)2/h6-9,11H,5H2,1-4H3,(H2,17,18). The minimum absolute atomic E-state index is 0.122. The summed E-state index contributed by atoms with van der Waals surface area (Å²) >= 11 is 0. The van der Waals surface area contributed by atoms with E-state index in [1.54, 1.807) is 0 Å². The molecule has 0 radical (unpaired) electrons. The van der Waals surface area contributed by atoms with Gasteiger partial charge in [-0.15, -0.1) is 0 Å². The SMILES string of the molecule is CCc1nn(C)c2c1nc(N)n2C(C)c1ccccc1C. The van der Waals surface area contributed by atoms with Crippen LogP contribution in [-0.2, 0) is 13.5 Å². The van der Waals surface area contributed by atoms with E-state index in [0.717, 1.165) is 23.3 Å². The van der Waals surface area contributed by atoms with Crippen LogP contribution in [0.5, 0.6) is 0 Å². The van der Waals surface area contributed by atoms with Gasteiger partial charge in [0.05, 0.1) is 11.7 Å². The van der Waals surface area contributed by atoms with Crippen molar-refractivity contribution >= 4 is 17.1 Å². The van der Waals surface area contributed by atoms with E-state index in [9.17, 15) is 0 Å². The number of nitrogens with two attached hydrogens (primary N) is 1. The van der Waals surface area contributed by atoms with Gasteiger partial charge in [0.25, 0.3) is 0 Å². The molecule has 2 aromatic heterocycles. The minimum Gasteiger partial charge on any atom is -0.369 e. The Labute approximate surface area is 124 Å². The molecule has 0 saturated carbocycles. The van der Waals surface area contributed by atoms with Gasteiger partial charge < -0.3 is 5.73 Å². The van der Waals surface area contributed by atoms with Crippen molar-refractivity contribution < 1.29 is 0 Å². The van der Waals surface area contributed by atoms with Crippen molar-refractivity contribution in [3.05, 3.63) is 41.1 Å². The number of aromatic nitrogens is 4. The van der Waals surface area contributed by atoms with E-state index in [2.05, 4.69) is 59.7 Å². The summed E-state index contributed by atoms with van der Waals surface area (Å²) in [6, 6.07) is 8.50. The average Bonchev–Trinajstić information content (AvgIpc) is 2.95. The lowest BCUT2D eigenvalue weighted by Gasteiger charge is -2.18. The number of nitrogen functional groups attached to an aromatic ring is 1. The van der Waals surface area contributed by atoms with Crippen LogP contribution < -0.4 is 5.73 Å². The molecule has 1 unspecified atom stereocenters. The zero-order chi connectivity index (χ0) is 15.1. The summed E-state index contributed by atoms with van der Waals surface area (Å²) < 4.78 is 3.95. The van der Waals surface area contributed by atoms with E-state index in [-0.39, 0.29) is 6.04 Å². The first-order valence-electron chi connectivity index (χ1n) is 7.29. The van der Waals surface area contributed by atoms with Gasteiger partial charge in [0.1, 0.15) is 5.52 Å². The Balaban J connectivity index is 2.23. The van der Waals surface area contributed by atoms with Gasteiger partial charge in [0.2, 0.25) is 5.95 Å². The second-order valence-corrected chi connectivity index (χ2v) is 5.47. The fourth-order valence-electron chi connectivity index (χ4n) is 3.03. The van der Waals surface area contributed by atoms with E-state index < -0.39 is 0 Å². The molecule has 2 heterocycles. The summed E-state index contributed by atoms with van der Waals surface area (Å²) in [6.45, 7) is 6.36. The molecule has 3 aromatic rings. The van der Waals surface area contributed by atoms with Crippen molar-refractivity contribution in [3.63, 3.8) is 0 Å². The summed E-state index contributed by atoms with van der Waals surface area (Å²) in [4.78, 5) is 4.54. The van der Waals surface area contributed by atoms with Crippen LogP contribution in [0.2, 0.25) is 0 Å². The van der Waals surface area contributed by atoms with Crippen molar-refractivity contribution in [2.45, 2.75) is 33.2 Å². The molecule has 21 heavy (non-hydrogen) atoms. The molecule has 5 heteroatoms.